The van der Waals surface area contributed by atoms with Crippen molar-refractivity contribution in [1.29, 1.82) is 0 Å². The number of nitrogens with zero attached hydrogens (tertiary/aromatic N) is 3. The smallest absolute Gasteiger partial charge is 0.126 e. The number of aromatic nitrogens is 3. The molecule has 17 heavy (non-hydrogen) atoms. The zero-order valence-corrected chi connectivity index (χ0v) is 11.3. The number of thiazole rings is 1. The molecule has 0 spiro atoms. The molecule has 0 saturated heterocycles. The van der Waals surface area contributed by atoms with E-state index in [0.717, 1.165) is 29.4 Å². The van der Waals surface area contributed by atoms with Crippen molar-refractivity contribution in [2.24, 2.45) is 0 Å². The van der Waals surface area contributed by atoms with E-state index in [9.17, 15) is 0 Å². The van der Waals surface area contributed by atoms with Crippen molar-refractivity contribution >= 4 is 11.3 Å². The van der Waals surface area contributed by atoms with Crippen molar-refractivity contribution in [2.45, 2.75) is 33.4 Å². The minimum Gasteiger partial charge on any atom is -0.309 e. The predicted octanol–water partition coefficient (Wildman–Crippen LogP) is 2.70. The molecule has 1 unspecified atom stereocenters. The third-order valence-corrected chi connectivity index (χ3v) is 3.59. The fourth-order valence-corrected chi connectivity index (χ4v) is 2.56. The molecule has 2 aromatic rings. The second kappa shape index (κ2) is 5.42. The first-order valence-corrected chi connectivity index (χ1v) is 6.84. The largest absolute Gasteiger partial charge is 0.309 e. The van der Waals surface area contributed by atoms with Gasteiger partial charge in [0.05, 0.1) is 11.9 Å². The van der Waals surface area contributed by atoms with Crippen LogP contribution in [0.3, 0.4) is 0 Å². The number of aryl methyl sites for hydroxylation is 1. The van der Waals surface area contributed by atoms with Gasteiger partial charge in [-0.2, -0.15) is 5.10 Å². The summed E-state index contributed by atoms with van der Waals surface area (Å²) in [5, 5.41) is 10.8. The second-order valence-corrected chi connectivity index (χ2v) is 4.80. The number of nitrogens with one attached hydrogen (secondary N) is 1. The third kappa shape index (κ3) is 2.73. The fourth-order valence-electron chi connectivity index (χ4n) is 1.68. The van der Waals surface area contributed by atoms with Crippen molar-refractivity contribution in [1.82, 2.24) is 20.1 Å². The van der Waals surface area contributed by atoms with Gasteiger partial charge in [0.25, 0.3) is 0 Å². The van der Waals surface area contributed by atoms with E-state index in [1.165, 1.54) is 0 Å². The van der Waals surface area contributed by atoms with Crippen molar-refractivity contribution in [3.8, 4) is 10.6 Å². The molecule has 0 fully saturated rings. The van der Waals surface area contributed by atoms with Gasteiger partial charge < -0.3 is 5.32 Å². The molecular formula is C12H18N4S. The Kier molecular flexibility index (Phi) is 3.91. The van der Waals surface area contributed by atoms with Gasteiger partial charge in [-0.3, -0.25) is 4.68 Å². The lowest BCUT2D eigenvalue weighted by molar-refractivity contribution is 0.587. The highest BCUT2D eigenvalue weighted by molar-refractivity contribution is 7.13. The summed E-state index contributed by atoms with van der Waals surface area (Å²) in [6.45, 7) is 8.18. The first kappa shape index (κ1) is 12.3. The van der Waals surface area contributed by atoms with Crippen molar-refractivity contribution in [3.05, 3.63) is 23.5 Å². The van der Waals surface area contributed by atoms with Gasteiger partial charge in [0.2, 0.25) is 0 Å². The molecule has 5 heteroatoms. The van der Waals surface area contributed by atoms with E-state index >= 15 is 0 Å². The van der Waals surface area contributed by atoms with Crippen molar-refractivity contribution in [2.75, 3.05) is 6.54 Å². The molecule has 0 radical (unpaired) electrons. The van der Waals surface area contributed by atoms with Gasteiger partial charge in [-0.15, -0.1) is 11.3 Å². The van der Waals surface area contributed by atoms with Crippen LogP contribution in [-0.4, -0.2) is 21.3 Å². The van der Waals surface area contributed by atoms with Gasteiger partial charge in [0.15, 0.2) is 0 Å². The minimum atomic E-state index is 0.311. The number of hydrogen-bond acceptors (Lipinski definition) is 4. The van der Waals surface area contributed by atoms with Crippen LogP contribution in [0.4, 0.5) is 0 Å². The Morgan fingerprint density at radius 1 is 1.47 bits per heavy atom. The maximum atomic E-state index is 4.65. The molecule has 1 atom stereocenters. The Morgan fingerprint density at radius 3 is 2.94 bits per heavy atom. The van der Waals surface area contributed by atoms with E-state index in [2.05, 4.69) is 41.6 Å². The van der Waals surface area contributed by atoms with E-state index in [4.69, 9.17) is 0 Å². The summed E-state index contributed by atoms with van der Waals surface area (Å²) in [6, 6.07) is 0.311. The van der Waals surface area contributed by atoms with Crippen LogP contribution in [0.15, 0.2) is 17.8 Å². The van der Waals surface area contributed by atoms with E-state index in [-0.39, 0.29) is 0 Å². The summed E-state index contributed by atoms with van der Waals surface area (Å²) in [4.78, 5) is 4.65. The zero-order chi connectivity index (χ0) is 12.3. The zero-order valence-electron chi connectivity index (χ0n) is 10.5. The molecule has 92 valence electrons. The lowest BCUT2D eigenvalue weighted by Crippen LogP contribution is -2.17. The van der Waals surface area contributed by atoms with Gasteiger partial charge in [-0.1, -0.05) is 6.92 Å². The van der Waals surface area contributed by atoms with Gasteiger partial charge in [-0.25, -0.2) is 4.98 Å². The van der Waals surface area contributed by atoms with Crippen molar-refractivity contribution in [3.63, 3.8) is 0 Å². The molecule has 0 aliphatic rings. The Morgan fingerprint density at radius 2 is 2.29 bits per heavy atom. The average molecular weight is 250 g/mol. The van der Waals surface area contributed by atoms with Crippen molar-refractivity contribution < 1.29 is 0 Å². The van der Waals surface area contributed by atoms with Crippen LogP contribution in [0.5, 0.6) is 0 Å². The van der Waals surface area contributed by atoms with Crippen LogP contribution in [0.1, 0.15) is 32.5 Å². The van der Waals surface area contributed by atoms with Gasteiger partial charge in [-0.05, 0) is 20.4 Å². The van der Waals surface area contributed by atoms with Crippen LogP contribution < -0.4 is 5.32 Å². The highest BCUT2D eigenvalue weighted by atomic mass is 32.1. The van der Waals surface area contributed by atoms with Crippen LogP contribution >= 0.6 is 11.3 Å². The Balaban J connectivity index is 2.17. The summed E-state index contributed by atoms with van der Waals surface area (Å²) in [5.41, 5.74) is 2.21. The molecule has 2 aromatic heterocycles. The molecule has 2 rings (SSSR count). The molecule has 0 amide bonds. The summed E-state index contributed by atoms with van der Waals surface area (Å²) in [7, 11) is 0. The molecule has 2 heterocycles. The average Bonchev–Trinajstić information content (AvgIpc) is 2.98. The third-order valence-electron chi connectivity index (χ3n) is 2.68. The van der Waals surface area contributed by atoms with E-state index < -0.39 is 0 Å². The summed E-state index contributed by atoms with van der Waals surface area (Å²) < 4.78 is 1.92. The highest BCUT2D eigenvalue weighted by Crippen LogP contribution is 2.25. The maximum absolute atomic E-state index is 4.65. The first-order chi connectivity index (χ1) is 8.24. The van der Waals surface area contributed by atoms with Crippen LogP contribution in [0, 0.1) is 0 Å². The Hall–Kier alpha value is -1.20. The highest BCUT2D eigenvalue weighted by Gasteiger charge is 2.11. The molecule has 0 aromatic carbocycles. The molecule has 4 nitrogen and oxygen atoms in total. The Bertz CT molecular complexity index is 474. The van der Waals surface area contributed by atoms with Gasteiger partial charge in [0.1, 0.15) is 5.01 Å². The van der Waals surface area contributed by atoms with Crippen LogP contribution in [0.2, 0.25) is 0 Å². The Labute approximate surface area is 106 Å². The summed E-state index contributed by atoms with van der Waals surface area (Å²) in [6.07, 6.45) is 3.92. The molecule has 0 aliphatic heterocycles. The standard InChI is InChI=1S/C12H18N4S/c1-4-13-9(3)11-8-17-12(15-11)10-6-14-16(5-2)7-10/h6-9,13H,4-5H2,1-3H3. The SMILES string of the molecule is CCNC(C)c1csc(-c2cnn(CC)c2)n1. The lowest BCUT2D eigenvalue weighted by Gasteiger charge is -2.07. The summed E-state index contributed by atoms with van der Waals surface area (Å²) in [5.74, 6) is 0. The molecule has 0 bridgehead atoms. The normalized spacial score (nSPS) is 12.9. The monoisotopic (exact) mass is 250 g/mol. The van der Waals surface area contributed by atoms with E-state index in [0.29, 0.717) is 6.04 Å². The summed E-state index contributed by atoms with van der Waals surface area (Å²) >= 11 is 1.68. The van der Waals surface area contributed by atoms with E-state index in [1.54, 1.807) is 11.3 Å². The number of hydrogen-bond donors (Lipinski definition) is 1. The maximum Gasteiger partial charge on any atom is 0.126 e. The molecule has 0 saturated carbocycles. The topological polar surface area (TPSA) is 42.7 Å². The van der Waals surface area contributed by atoms with E-state index in [1.807, 2.05) is 17.1 Å². The lowest BCUT2D eigenvalue weighted by atomic mass is 10.2. The molecular weight excluding hydrogens is 232 g/mol. The second-order valence-electron chi connectivity index (χ2n) is 3.94. The van der Waals surface area contributed by atoms with Crippen LogP contribution in [-0.2, 0) is 6.54 Å². The predicted molar refractivity (Wildman–Crippen MR) is 71.1 cm³/mol. The minimum absolute atomic E-state index is 0.311. The van der Waals surface area contributed by atoms with Gasteiger partial charge in [0, 0.05) is 29.7 Å². The fraction of sp³-hybridized carbons (Fsp3) is 0.500. The number of rotatable bonds is 5. The van der Waals surface area contributed by atoms with Crippen LogP contribution in [0.25, 0.3) is 10.6 Å². The molecule has 0 aliphatic carbocycles. The first-order valence-electron chi connectivity index (χ1n) is 5.96. The van der Waals surface area contributed by atoms with Gasteiger partial charge >= 0.3 is 0 Å². The quantitative estimate of drug-likeness (QED) is 0.887. The molecule has 1 N–H and O–H groups in total.